The van der Waals surface area contributed by atoms with Gasteiger partial charge < -0.3 is 14.5 Å². The summed E-state index contributed by atoms with van der Waals surface area (Å²) in [7, 11) is 1.78. The molecular weight excluding hydrogens is 420 g/mol. The molecule has 28 heavy (non-hydrogen) atoms. The highest BCUT2D eigenvalue weighted by Gasteiger charge is 2.53. The van der Waals surface area contributed by atoms with Gasteiger partial charge in [-0.25, -0.2) is 4.79 Å². The molecule has 1 atom stereocenters. The molecule has 2 fully saturated rings. The van der Waals surface area contributed by atoms with E-state index in [4.69, 9.17) is 4.74 Å². The van der Waals surface area contributed by atoms with Crippen molar-refractivity contribution in [3.05, 3.63) is 34.3 Å². The molecule has 3 rings (SSSR count). The third-order valence-corrected chi connectivity index (χ3v) is 6.07. The van der Waals surface area contributed by atoms with Crippen molar-refractivity contribution in [2.75, 3.05) is 26.7 Å². The minimum absolute atomic E-state index is 0.246. The fourth-order valence-electron chi connectivity index (χ4n) is 4.04. The summed E-state index contributed by atoms with van der Waals surface area (Å²) >= 11 is 3.52. The van der Waals surface area contributed by atoms with Crippen molar-refractivity contribution in [3.63, 3.8) is 0 Å². The summed E-state index contributed by atoms with van der Waals surface area (Å²) in [5.41, 5.74) is 0.269. The fraction of sp³-hybridized carbons (Fsp3) is 0.636. The van der Waals surface area contributed by atoms with Crippen molar-refractivity contribution < 1.29 is 14.3 Å². The van der Waals surface area contributed by atoms with Crippen molar-refractivity contribution in [1.29, 1.82) is 0 Å². The van der Waals surface area contributed by atoms with Crippen LogP contribution in [0.4, 0.5) is 4.79 Å². The van der Waals surface area contributed by atoms with E-state index in [2.05, 4.69) is 28.1 Å². The number of nitrogens with zero attached hydrogens (tertiary/aromatic N) is 2. The quantitative estimate of drug-likeness (QED) is 0.673. The molecule has 1 aliphatic carbocycles. The van der Waals surface area contributed by atoms with E-state index in [1.54, 1.807) is 11.9 Å². The summed E-state index contributed by atoms with van der Waals surface area (Å²) in [6.07, 6.45) is 3.54. The zero-order valence-corrected chi connectivity index (χ0v) is 18.9. The molecular formula is C22H31BrN2O3. The molecule has 0 radical (unpaired) electrons. The first-order valence-corrected chi connectivity index (χ1v) is 10.9. The molecule has 1 aliphatic heterocycles. The van der Waals surface area contributed by atoms with E-state index in [9.17, 15) is 9.59 Å². The zero-order chi connectivity index (χ0) is 20.5. The monoisotopic (exact) mass is 450 g/mol. The van der Waals surface area contributed by atoms with Gasteiger partial charge in [-0.3, -0.25) is 4.79 Å². The van der Waals surface area contributed by atoms with Crippen LogP contribution < -0.4 is 0 Å². The zero-order valence-electron chi connectivity index (χ0n) is 17.3. The highest BCUT2D eigenvalue weighted by atomic mass is 79.9. The first-order valence-electron chi connectivity index (χ1n) is 10.1. The Kier molecular flexibility index (Phi) is 6.08. The summed E-state index contributed by atoms with van der Waals surface area (Å²) in [4.78, 5) is 29.3. The van der Waals surface area contributed by atoms with Crippen molar-refractivity contribution >= 4 is 27.9 Å². The Morgan fingerprint density at radius 1 is 1.32 bits per heavy atom. The summed E-state index contributed by atoms with van der Waals surface area (Å²) in [6.45, 7) is 7.75. The third kappa shape index (κ3) is 4.88. The summed E-state index contributed by atoms with van der Waals surface area (Å²) in [5, 5.41) is 0. The van der Waals surface area contributed by atoms with E-state index < -0.39 is 5.60 Å². The number of carbonyl (C=O) groups excluding carboxylic acids is 2. The van der Waals surface area contributed by atoms with Gasteiger partial charge in [-0.05, 0) is 70.1 Å². The second-order valence-electron chi connectivity index (χ2n) is 9.21. The van der Waals surface area contributed by atoms with E-state index >= 15 is 0 Å². The van der Waals surface area contributed by atoms with Gasteiger partial charge in [0.1, 0.15) is 5.60 Å². The van der Waals surface area contributed by atoms with Gasteiger partial charge in [0.2, 0.25) is 5.91 Å². The maximum atomic E-state index is 13.4. The number of carbonyl (C=O) groups is 2. The second kappa shape index (κ2) is 8.05. The summed E-state index contributed by atoms with van der Waals surface area (Å²) < 4.78 is 6.46. The van der Waals surface area contributed by atoms with Crippen molar-refractivity contribution in [3.8, 4) is 0 Å². The van der Waals surface area contributed by atoms with Crippen LogP contribution in [0.1, 0.15) is 52.0 Å². The Balaban J connectivity index is 1.62. The van der Waals surface area contributed by atoms with E-state index in [1.807, 2.05) is 37.8 Å². The van der Waals surface area contributed by atoms with Gasteiger partial charge in [0.05, 0.1) is 5.41 Å². The topological polar surface area (TPSA) is 49.9 Å². The number of likely N-dealkylation sites (tertiary alicyclic amines) is 1. The van der Waals surface area contributed by atoms with E-state index in [0.29, 0.717) is 13.1 Å². The van der Waals surface area contributed by atoms with E-state index in [0.717, 1.165) is 42.3 Å². The molecule has 1 unspecified atom stereocenters. The molecule has 0 spiro atoms. The molecule has 5 nitrogen and oxygen atoms in total. The highest BCUT2D eigenvalue weighted by molar-refractivity contribution is 9.10. The lowest BCUT2D eigenvalue weighted by atomic mass is 9.91. The Morgan fingerprint density at radius 2 is 2.04 bits per heavy atom. The number of hydrogen-bond donors (Lipinski definition) is 0. The van der Waals surface area contributed by atoms with Crippen LogP contribution in [-0.2, 0) is 14.9 Å². The largest absolute Gasteiger partial charge is 0.444 e. The lowest BCUT2D eigenvalue weighted by Gasteiger charge is -2.37. The maximum Gasteiger partial charge on any atom is 0.410 e. The molecule has 0 N–H and O–H groups in total. The number of amides is 2. The molecule has 2 amide bonds. The average Bonchev–Trinajstić information content (AvgIpc) is 3.42. The van der Waals surface area contributed by atoms with Gasteiger partial charge in [0, 0.05) is 31.2 Å². The van der Waals surface area contributed by atoms with Gasteiger partial charge >= 0.3 is 6.09 Å². The first-order chi connectivity index (χ1) is 13.1. The number of hydrogen-bond acceptors (Lipinski definition) is 3. The van der Waals surface area contributed by atoms with Crippen LogP contribution in [0.3, 0.4) is 0 Å². The molecule has 1 aromatic rings. The minimum Gasteiger partial charge on any atom is -0.444 e. The van der Waals surface area contributed by atoms with Crippen molar-refractivity contribution in [1.82, 2.24) is 9.80 Å². The average molecular weight is 451 g/mol. The standard InChI is InChI=1S/C22H31BrN2O3/c1-21(2,3)28-20(27)24(4)14-16-7-6-12-25(15-16)19(26)22(10-11-22)17-8-5-9-18(23)13-17/h5,8-9,13,16H,6-7,10-12,14-15H2,1-4H3. The van der Waals surface area contributed by atoms with Crippen LogP contribution in [0, 0.1) is 5.92 Å². The molecule has 0 aromatic heterocycles. The Labute approximate surface area is 176 Å². The van der Waals surface area contributed by atoms with Gasteiger partial charge in [0.15, 0.2) is 0 Å². The van der Waals surface area contributed by atoms with Crippen molar-refractivity contribution in [2.45, 2.75) is 57.5 Å². The van der Waals surface area contributed by atoms with Crippen molar-refractivity contribution in [2.24, 2.45) is 5.92 Å². The number of ether oxygens (including phenoxy) is 1. The predicted molar refractivity (Wildman–Crippen MR) is 113 cm³/mol. The van der Waals surface area contributed by atoms with Crippen LogP contribution in [0.25, 0.3) is 0 Å². The SMILES string of the molecule is CN(CC1CCCN(C(=O)C2(c3cccc(Br)c3)CC2)C1)C(=O)OC(C)(C)C. The first kappa shape index (κ1) is 21.2. The number of piperidine rings is 1. The molecule has 1 aromatic carbocycles. The normalized spacial score (nSPS) is 21.2. The Bertz CT molecular complexity index is 740. The maximum absolute atomic E-state index is 13.4. The molecule has 0 bridgehead atoms. The second-order valence-corrected chi connectivity index (χ2v) is 10.1. The number of halogens is 1. The lowest BCUT2D eigenvalue weighted by Crippen LogP contribution is -2.48. The van der Waals surface area contributed by atoms with Gasteiger partial charge in [-0.15, -0.1) is 0 Å². The number of benzene rings is 1. The minimum atomic E-state index is -0.498. The summed E-state index contributed by atoms with van der Waals surface area (Å²) in [6, 6.07) is 8.13. The van der Waals surface area contributed by atoms with Gasteiger partial charge in [-0.2, -0.15) is 0 Å². The molecule has 6 heteroatoms. The summed E-state index contributed by atoms with van der Waals surface area (Å²) in [5.74, 6) is 0.531. The predicted octanol–water partition coefficient (Wildman–Crippen LogP) is 4.59. The molecule has 1 saturated heterocycles. The van der Waals surface area contributed by atoms with Crippen LogP contribution in [0.5, 0.6) is 0 Å². The highest BCUT2D eigenvalue weighted by Crippen LogP contribution is 2.50. The van der Waals surface area contributed by atoms with Crippen LogP contribution in [0.2, 0.25) is 0 Å². The van der Waals surface area contributed by atoms with Gasteiger partial charge in [-0.1, -0.05) is 28.1 Å². The molecule has 154 valence electrons. The van der Waals surface area contributed by atoms with Crippen LogP contribution in [-0.4, -0.2) is 54.1 Å². The lowest BCUT2D eigenvalue weighted by molar-refractivity contribution is -0.135. The molecule has 2 aliphatic rings. The fourth-order valence-corrected chi connectivity index (χ4v) is 4.44. The smallest absolute Gasteiger partial charge is 0.410 e. The molecule has 1 heterocycles. The Morgan fingerprint density at radius 3 is 2.64 bits per heavy atom. The van der Waals surface area contributed by atoms with Crippen LogP contribution in [0.15, 0.2) is 28.7 Å². The van der Waals surface area contributed by atoms with Crippen LogP contribution >= 0.6 is 15.9 Å². The van der Waals surface area contributed by atoms with Gasteiger partial charge in [0.25, 0.3) is 0 Å². The van der Waals surface area contributed by atoms with E-state index in [1.165, 1.54) is 0 Å². The number of rotatable bonds is 4. The Hall–Kier alpha value is -1.56. The molecule has 1 saturated carbocycles. The van der Waals surface area contributed by atoms with E-state index in [-0.39, 0.29) is 23.3 Å². The third-order valence-electron chi connectivity index (χ3n) is 5.58.